The summed E-state index contributed by atoms with van der Waals surface area (Å²) >= 11 is 0. The van der Waals surface area contributed by atoms with Crippen molar-refractivity contribution in [3.8, 4) is 0 Å². The molecule has 2 N–H and O–H groups in total. The van der Waals surface area contributed by atoms with Crippen LogP contribution in [-0.4, -0.2) is 38.1 Å². The van der Waals surface area contributed by atoms with E-state index in [4.69, 9.17) is 10.5 Å². The Balaban J connectivity index is 2.17. The summed E-state index contributed by atoms with van der Waals surface area (Å²) in [6.07, 6.45) is 1.21. The standard InChI is InChI=1S/C13H20N2O2/c1-15(2)13(16)8-10-17-9-7-11-5-3-4-6-12(11)14/h3-6H,7-10,14H2,1-2H3. The van der Waals surface area contributed by atoms with Crippen molar-refractivity contribution in [2.75, 3.05) is 33.0 Å². The molecule has 17 heavy (non-hydrogen) atoms. The zero-order valence-corrected chi connectivity index (χ0v) is 10.5. The molecule has 0 saturated carbocycles. The summed E-state index contributed by atoms with van der Waals surface area (Å²) in [4.78, 5) is 12.8. The number of benzene rings is 1. The Hall–Kier alpha value is -1.55. The highest BCUT2D eigenvalue weighted by atomic mass is 16.5. The van der Waals surface area contributed by atoms with Crippen molar-refractivity contribution in [1.82, 2.24) is 4.90 Å². The van der Waals surface area contributed by atoms with Crippen LogP contribution < -0.4 is 5.73 Å². The van der Waals surface area contributed by atoms with Gasteiger partial charge in [0.05, 0.1) is 19.6 Å². The SMILES string of the molecule is CN(C)C(=O)CCOCCc1ccccc1N. The molecule has 0 aromatic heterocycles. The fourth-order valence-corrected chi connectivity index (χ4v) is 1.43. The predicted molar refractivity (Wildman–Crippen MR) is 68.7 cm³/mol. The number of ether oxygens (including phenoxy) is 1. The van der Waals surface area contributed by atoms with Crippen LogP contribution in [0.15, 0.2) is 24.3 Å². The third-order valence-electron chi connectivity index (χ3n) is 2.53. The molecular formula is C13H20N2O2. The first kappa shape index (κ1) is 13.5. The van der Waals surface area contributed by atoms with Crippen molar-refractivity contribution in [2.24, 2.45) is 0 Å². The van der Waals surface area contributed by atoms with Gasteiger partial charge in [0.25, 0.3) is 0 Å². The molecule has 0 unspecified atom stereocenters. The van der Waals surface area contributed by atoms with Gasteiger partial charge >= 0.3 is 0 Å². The largest absolute Gasteiger partial charge is 0.399 e. The van der Waals surface area contributed by atoms with E-state index in [2.05, 4.69) is 0 Å². The highest BCUT2D eigenvalue weighted by molar-refractivity contribution is 5.75. The van der Waals surface area contributed by atoms with E-state index in [1.807, 2.05) is 24.3 Å². The highest BCUT2D eigenvalue weighted by Gasteiger charge is 2.03. The quantitative estimate of drug-likeness (QED) is 0.598. The molecule has 0 spiro atoms. The van der Waals surface area contributed by atoms with Gasteiger partial charge in [-0.05, 0) is 18.1 Å². The molecule has 0 bridgehead atoms. The van der Waals surface area contributed by atoms with Crippen molar-refractivity contribution < 1.29 is 9.53 Å². The third kappa shape index (κ3) is 4.87. The first-order valence-corrected chi connectivity index (χ1v) is 5.72. The van der Waals surface area contributed by atoms with E-state index < -0.39 is 0 Å². The smallest absolute Gasteiger partial charge is 0.224 e. The molecule has 0 fully saturated rings. The van der Waals surface area contributed by atoms with Gasteiger partial charge in [-0.1, -0.05) is 18.2 Å². The number of hydrogen-bond acceptors (Lipinski definition) is 3. The molecule has 0 radical (unpaired) electrons. The average Bonchev–Trinajstić information content (AvgIpc) is 2.30. The maximum Gasteiger partial charge on any atom is 0.224 e. The van der Waals surface area contributed by atoms with Gasteiger partial charge in [-0.25, -0.2) is 0 Å². The Morgan fingerprint density at radius 2 is 2.00 bits per heavy atom. The van der Waals surface area contributed by atoms with E-state index >= 15 is 0 Å². The summed E-state index contributed by atoms with van der Waals surface area (Å²) < 4.78 is 5.41. The molecule has 0 saturated heterocycles. The lowest BCUT2D eigenvalue weighted by molar-refractivity contribution is -0.129. The summed E-state index contributed by atoms with van der Waals surface area (Å²) in [5.74, 6) is 0.0872. The predicted octanol–water partition coefficient (Wildman–Crippen LogP) is 1.31. The molecular weight excluding hydrogens is 216 g/mol. The van der Waals surface area contributed by atoms with Gasteiger partial charge in [-0.15, -0.1) is 0 Å². The number of anilines is 1. The first-order valence-electron chi connectivity index (χ1n) is 5.72. The molecule has 0 aliphatic rings. The molecule has 4 heteroatoms. The number of hydrogen-bond donors (Lipinski definition) is 1. The number of para-hydroxylation sites is 1. The maximum atomic E-state index is 11.3. The van der Waals surface area contributed by atoms with Crippen LogP contribution in [0.4, 0.5) is 5.69 Å². The average molecular weight is 236 g/mol. The summed E-state index contributed by atoms with van der Waals surface area (Å²) in [6, 6.07) is 7.74. The van der Waals surface area contributed by atoms with Crippen molar-refractivity contribution >= 4 is 11.6 Å². The zero-order valence-electron chi connectivity index (χ0n) is 10.5. The molecule has 0 heterocycles. The Labute approximate surface area is 102 Å². The monoisotopic (exact) mass is 236 g/mol. The van der Waals surface area contributed by atoms with Crippen molar-refractivity contribution in [3.05, 3.63) is 29.8 Å². The molecule has 1 aromatic carbocycles. The fraction of sp³-hybridized carbons (Fsp3) is 0.462. The van der Waals surface area contributed by atoms with E-state index in [0.717, 1.165) is 17.7 Å². The lowest BCUT2D eigenvalue weighted by atomic mass is 10.1. The number of carbonyl (C=O) groups is 1. The number of rotatable bonds is 6. The van der Waals surface area contributed by atoms with E-state index in [1.165, 1.54) is 0 Å². The molecule has 94 valence electrons. The second-order valence-corrected chi connectivity index (χ2v) is 4.10. The van der Waals surface area contributed by atoms with Crippen molar-refractivity contribution in [3.63, 3.8) is 0 Å². The highest BCUT2D eigenvalue weighted by Crippen LogP contribution is 2.10. The van der Waals surface area contributed by atoms with E-state index in [-0.39, 0.29) is 5.91 Å². The van der Waals surface area contributed by atoms with Gasteiger partial charge in [0.1, 0.15) is 0 Å². The van der Waals surface area contributed by atoms with Crippen LogP contribution in [0.1, 0.15) is 12.0 Å². The van der Waals surface area contributed by atoms with Crippen LogP contribution >= 0.6 is 0 Å². The van der Waals surface area contributed by atoms with Crippen molar-refractivity contribution in [2.45, 2.75) is 12.8 Å². The second-order valence-electron chi connectivity index (χ2n) is 4.10. The molecule has 0 aliphatic carbocycles. The van der Waals surface area contributed by atoms with Crippen LogP contribution in [0.3, 0.4) is 0 Å². The first-order chi connectivity index (χ1) is 8.11. The topological polar surface area (TPSA) is 55.6 Å². The lowest BCUT2D eigenvalue weighted by Gasteiger charge is -2.10. The van der Waals surface area contributed by atoms with Gasteiger partial charge in [-0.2, -0.15) is 0 Å². The second kappa shape index (κ2) is 6.91. The summed E-state index contributed by atoms with van der Waals surface area (Å²) in [5, 5.41) is 0. The fourth-order valence-electron chi connectivity index (χ4n) is 1.43. The number of nitrogens with two attached hydrogens (primary N) is 1. The van der Waals surface area contributed by atoms with Crippen LogP contribution in [0.2, 0.25) is 0 Å². The minimum Gasteiger partial charge on any atom is -0.399 e. The van der Waals surface area contributed by atoms with E-state index in [1.54, 1.807) is 19.0 Å². The van der Waals surface area contributed by atoms with Gasteiger partial charge in [0.2, 0.25) is 5.91 Å². The van der Waals surface area contributed by atoms with Gasteiger partial charge in [-0.3, -0.25) is 4.79 Å². The van der Waals surface area contributed by atoms with Crippen LogP contribution in [0, 0.1) is 0 Å². The van der Waals surface area contributed by atoms with Crippen LogP contribution in [0.5, 0.6) is 0 Å². The number of nitrogens with zero attached hydrogens (tertiary/aromatic N) is 1. The molecule has 0 aliphatic heterocycles. The summed E-state index contributed by atoms with van der Waals surface area (Å²) in [6.45, 7) is 1.05. The molecule has 1 rings (SSSR count). The van der Waals surface area contributed by atoms with Gasteiger partial charge < -0.3 is 15.4 Å². The number of amides is 1. The minimum absolute atomic E-state index is 0.0872. The number of nitrogen functional groups attached to an aromatic ring is 1. The Bertz CT molecular complexity index is 364. The third-order valence-corrected chi connectivity index (χ3v) is 2.53. The Morgan fingerprint density at radius 3 is 2.65 bits per heavy atom. The number of carbonyl (C=O) groups excluding carboxylic acids is 1. The van der Waals surface area contributed by atoms with Crippen molar-refractivity contribution in [1.29, 1.82) is 0 Å². The molecule has 1 aromatic rings. The molecule has 0 atom stereocenters. The van der Waals surface area contributed by atoms with Crippen LogP contribution in [-0.2, 0) is 16.0 Å². The molecule has 1 amide bonds. The normalized spacial score (nSPS) is 10.2. The Kier molecular flexibility index (Phi) is 5.49. The molecule has 4 nitrogen and oxygen atoms in total. The lowest BCUT2D eigenvalue weighted by Crippen LogP contribution is -2.23. The van der Waals surface area contributed by atoms with Gasteiger partial charge in [0.15, 0.2) is 0 Å². The van der Waals surface area contributed by atoms with Gasteiger partial charge in [0, 0.05) is 19.8 Å². The zero-order chi connectivity index (χ0) is 12.7. The Morgan fingerprint density at radius 1 is 1.29 bits per heavy atom. The van der Waals surface area contributed by atoms with E-state index in [9.17, 15) is 4.79 Å². The maximum absolute atomic E-state index is 11.3. The minimum atomic E-state index is 0.0872. The summed E-state index contributed by atoms with van der Waals surface area (Å²) in [7, 11) is 3.49. The van der Waals surface area contributed by atoms with Crippen LogP contribution in [0.25, 0.3) is 0 Å². The summed E-state index contributed by atoms with van der Waals surface area (Å²) in [5.41, 5.74) is 7.69. The van der Waals surface area contributed by atoms with E-state index in [0.29, 0.717) is 19.6 Å².